The molecule has 1 aromatic heterocycles. The highest BCUT2D eigenvalue weighted by Gasteiger charge is 2.35. The first kappa shape index (κ1) is 14.1. The van der Waals surface area contributed by atoms with Gasteiger partial charge in [0, 0.05) is 13.0 Å². The van der Waals surface area contributed by atoms with Gasteiger partial charge in [-0.3, -0.25) is 4.79 Å². The number of carbonyl (C=O) groups excluding carboxylic acids is 1. The highest BCUT2D eigenvalue weighted by molar-refractivity contribution is 5.92. The number of hydrogen-bond acceptors (Lipinski definition) is 3. The van der Waals surface area contributed by atoms with Gasteiger partial charge in [0.15, 0.2) is 5.76 Å². The Morgan fingerprint density at radius 2 is 2.16 bits per heavy atom. The van der Waals surface area contributed by atoms with Gasteiger partial charge in [0.05, 0.1) is 5.54 Å². The topological polar surface area (TPSA) is 68.3 Å². The van der Waals surface area contributed by atoms with Crippen LogP contribution in [0.15, 0.2) is 16.5 Å². The maximum atomic E-state index is 12.2. The minimum Gasteiger partial charge on any atom is -0.456 e. The fourth-order valence-electron chi connectivity index (χ4n) is 2.69. The second kappa shape index (κ2) is 5.78. The zero-order valence-electron chi connectivity index (χ0n) is 11.9. The van der Waals surface area contributed by atoms with E-state index >= 15 is 0 Å². The molecule has 2 rings (SSSR count). The molecule has 0 saturated heterocycles. The molecule has 1 saturated carbocycles. The lowest BCUT2D eigenvalue weighted by molar-refractivity contribution is 0.0830. The minimum atomic E-state index is -0.247. The molecular formula is C15H24N2O2. The quantitative estimate of drug-likeness (QED) is 0.877. The third-order valence-corrected chi connectivity index (χ3v) is 4.23. The predicted molar refractivity (Wildman–Crippen MR) is 75.0 cm³/mol. The van der Waals surface area contributed by atoms with Gasteiger partial charge in [-0.15, -0.1) is 0 Å². The highest BCUT2D eigenvalue weighted by atomic mass is 16.3. The lowest BCUT2D eigenvalue weighted by atomic mass is 9.77. The molecule has 1 heterocycles. The molecule has 1 amide bonds. The smallest absolute Gasteiger partial charge is 0.287 e. The summed E-state index contributed by atoms with van der Waals surface area (Å²) in [6.07, 6.45) is 4.95. The molecule has 3 N–H and O–H groups in total. The molecule has 1 aromatic rings. The number of carbonyl (C=O) groups is 1. The summed E-state index contributed by atoms with van der Waals surface area (Å²) in [5, 5.41) is 3.10. The van der Waals surface area contributed by atoms with Crippen molar-refractivity contribution in [2.75, 3.05) is 6.54 Å². The Kier molecular flexibility index (Phi) is 4.30. The number of hydrogen-bond donors (Lipinski definition) is 2. The third-order valence-electron chi connectivity index (χ3n) is 4.23. The molecule has 106 valence electrons. The number of aryl methyl sites for hydroxylation is 1. The van der Waals surface area contributed by atoms with Crippen LogP contribution in [0.5, 0.6) is 0 Å². The van der Waals surface area contributed by atoms with Crippen LogP contribution in [0, 0.1) is 5.92 Å². The third kappa shape index (κ3) is 3.18. The largest absolute Gasteiger partial charge is 0.456 e. The van der Waals surface area contributed by atoms with E-state index in [0.29, 0.717) is 12.3 Å². The molecule has 0 atom stereocenters. The summed E-state index contributed by atoms with van der Waals surface area (Å²) in [4.78, 5) is 12.2. The van der Waals surface area contributed by atoms with Gasteiger partial charge in [-0.1, -0.05) is 13.8 Å². The van der Waals surface area contributed by atoms with E-state index in [1.807, 2.05) is 13.0 Å². The molecule has 0 unspecified atom stereocenters. The maximum Gasteiger partial charge on any atom is 0.287 e. The molecule has 0 spiro atoms. The van der Waals surface area contributed by atoms with Gasteiger partial charge in [-0.05, 0) is 43.7 Å². The van der Waals surface area contributed by atoms with Crippen LogP contribution < -0.4 is 11.1 Å². The molecular weight excluding hydrogens is 240 g/mol. The molecule has 0 radical (unpaired) electrons. The first-order valence-corrected chi connectivity index (χ1v) is 7.20. The van der Waals surface area contributed by atoms with Crippen LogP contribution in [0.3, 0.4) is 0 Å². The Bertz CT molecular complexity index is 431. The molecule has 0 aliphatic heterocycles. The van der Waals surface area contributed by atoms with E-state index in [1.165, 1.54) is 0 Å². The van der Waals surface area contributed by atoms with Crippen molar-refractivity contribution in [3.8, 4) is 0 Å². The van der Waals surface area contributed by atoms with Gasteiger partial charge in [0.1, 0.15) is 5.76 Å². The average molecular weight is 264 g/mol. The standard InChI is InChI=1S/C15H24N2O2/c1-3-12-4-5-13(19-12)14(18)17-15(10-16)8-6-11(2)7-9-15/h4-5,11H,3,6-10,16H2,1-2H3,(H,17,18). The summed E-state index contributed by atoms with van der Waals surface area (Å²) in [6.45, 7) is 4.75. The molecule has 4 heteroatoms. The van der Waals surface area contributed by atoms with E-state index in [4.69, 9.17) is 10.2 Å². The number of nitrogens with one attached hydrogen (secondary N) is 1. The molecule has 1 fully saturated rings. The van der Waals surface area contributed by atoms with Gasteiger partial charge < -0.3 is 15.5 Å². The average Bonchev–Trinajstić information content (AvgIpc) is 2.91. The molecule has 1 aliphatic carbocycles. The van der Waals surface area contributed by atoms with Gasteiger partial charge >= 0.3 is 0 Å². The van der Waals surface area contributed by atoms with Crippen molar-refractivity contribution in [1.29, 1.82) is 0 Å². The Hall–Kier alpha value is -1.29. The SMILES string of the molecule is CCc1ccc(C(=O)NC2(CN)CCC(C)CC2)o1. The van der Waals surface area contributed by atoms with E-state index in [-0.39, 0.29) is 11.4 Å². The van der Waals surface area contributed by atoms with Crippen LogP contribution in [0.25, 0.3) is 0 Å². The Morgan fingerprint density at radius 3 is 2.68 bits per heavy atom. The van der Waals surface area contributed by atoms with E-state index in [1.54, 1.807) is 6.07 Å². The second-order valence-corrected chi connectivity index (χ2v) is 5.74. The molecule has 0 aromatic carbocycles. The first-order valence-electron chi connectivity index (χ1n) is 7.20. The van der Waals surface area contributed by atoms with Crippen molar-refractivity contribution < 1.29 is 9.21 Å². The minimum absolute atomic E-state index is 0.139. The Labute approximate surface area is 114 Å². The molecule has 19 heavy (non-hydrogen) atoms. The van der Waals surface area contributed by atoms with Crippen LogP contribution in [0.1, 0.15) is 55.8 Å². The molecule has 1 aliphatic rings. The van der Waals surface area contributed by atoms with Crippen molar-refractivity contribution in [1.82, 2.24) is 5.32 Å². The van der Waals surface area contributed by atoms with Gasteiger partial charge in [-0.2, -0.15) is 0 Å². The zero-order chi connectivity index (χ0) is 13.9. The van der Waals surface area contributed by atoms with E-state index < -0.39 is 0 Å². The molecule has 4 nitrogen and oxygen atoms in total. The van der Waals surface area contributed by atoms with Crippen molar-refractivity contribution >= 4 is 5.91 Å². The Balaban J connectivity index is 2.03. The maximum absolute atomic E-state index is 12.2. The fourth-order valence-corrected chi connectivity index (χ4v) is 2.69. The van der Waals surface area contributed by atoms with Crippen LogP contribution in [-0.2, 0) is 6.42 Å². The van der Waals surface area contributed by atoms with Crippen molar-refractivity contribution in [2.24, 2.45) is 11.7 Å². The van der Waals surface area contributed by atoms with Crippen molar-refractivity contribution in [2.45, 2.75) is 51.5 Å². The van der Waals surface area contributed by atoms with E-state index in [2.05, 4.69) is 12.2 Å². The fraction of sp³-hybridized carbons (Fsp3) is 0.667. The van der Waals surface area contributed by atoms with Crippen LogP contribution in [0.2, 0.25) is 0 Å². The van der Waals surface area contributed by atoms with Crippen LogP contribution >= 0.6 is 0 Å². The van der Waals surface area contributed by atoms with Gasteiger partial charge in [0.25, 0.3) is 5.91 Å². The summed E-state index contributed by atoms with van der Waals surface area (Å²) in [7, 11) is 0. The second-order valence-electron chi connectivity index (χ2n) is 5.74. The van der Waals surface area contributed by atoms with E-state index in [9.17, 15) is 4.79 Å². The number of furan rings is 1. The van der Waals surface area contributed by atoms with Crippen LogP contribution in [-0.4, -0.2) is 18.0 Å². The lowest BCUT2D eigenvalue weighted by Gasteiger charge is -2.39. The normalized spacial score (nSPS) is 27.2. The lowest BCUT2D eigenvalue weighted by Crippen LogP contribution is -2.55. The van der Waals surface area contributed by atoms with Crippen molar-refractivity contribution in [3.63, 3.8) is 0 Å². The van der Waals surface area contributed by atoms with Crippen molar-refractivity contribution in [3.05, 3.63) is 23.7 Å². The highest BCUT2D eigenvalue weighted by Crippen LogP contribution is 2.31. The van der Waals surface area contributed by atoms with Gasteiger partial charge in [-0.25, -0.2) is 0 Å². The van der Waals surface area contributed by atoms with Gasteiger partial charge in [0.2, 0.25) is 0 Å². The summed E-state index contributed by atoms with van der Waals surface area (Å²) in [5.41, 5.74) is 5.65. The molecule has 0 bridgehead atoms. The summed E-state index contributed by atoms with van der Waals surface area (Å²) in [5.74, 6) is 1.82. The van der Waals surface area contributed by atoms with Crippen LogP contribution in [0.4, 0.5) is 0 Å². The zero-order valence-corrected chi connectivity index (χ0v) is 11.9. The summed E-state index contributed by atoms with van der Waals surface area (Å²) >= 11 is 0. The first-order chi connectivity index (χ1) is 9.08. The summed E-state index contributed by atoms with van der Waals surface area (Å²) in [6, 6.07) is 3.59. The summed E-state index contributed by atoms with van der Waals surface area (Å²) < 4.78 is 5.49. The monoisotopic (exact) mass is 264 g/mol. The van der Waals surface area contributed by atoms with E-state index in [0.717, 1.165) is 43.8 Å². The number of nitrogens with two attached hydrogens (primary N) is 1. The predicted octanol–water partition coefficient (Wildman–Crippen LogP) is 2.48. The number of amides is 1. The Morgan fingerprint density at radius 1 is 1.47 bits per heavy atom. The number of rotatable bonds is 4.